The first-order chi connectivity index (χ1) is 6.94. The van der Waals surface area contributed by atoms with E-state index in [2.05, 4.69) is 4.74 Å². The second-order valence-corrected chi connectivity index (χ2v) is 5.30. The number of hydrogen-bond donors (Lipinski definition) is 1. The normalized spacial score (nSPS) is 11.7. The van der Waals surface area contributed by atoms with Crippen molar-refractivity contribution in [3.63, 3.8) is 0 Å². The molecule has 90 valence electrons. The van der Waals surface area contributed by atoms with E-state index in [0.29, 0.717) is 6.54 Å². The molecule has 0 saturated heterocycles. The third-order valence-corrected chi connectivity index (χ3v) is 3.87. The lowest BCUT2D eigenvalue weighted by atomic mass is 10.3. The second kappa shape index (κ2) is 6.76. The van der Waals surface area contributed by atoms with Crippen LogP contribution in [0.25, 0.3) is 0 Å². The van der Waals surface area contributed by atoms with Crippen molar-refractivity contribution in [2.75, 3.05) is 33.0 Å². The first kappa shape index (κ1) is 14.3. The van der Waals surface area contributed by atoms with Crippen molar-refractivity contribution in [1.82, 2.24) is 4.31 Å². The van der Waals surface area contributed by atoms with Crippen molar-refractivity contribution < 1.29 is 17.9 Å². The molecular weight excluding hydrogens is 220 g/mol. The van der Waals surface area contributed by atoms with Crippen LogP contribution in [0.2, 0.25) is 0 Å². The zero-order valence-electron chi connectivity index (χ0n) is 9.10. The number of rotatable bonds is 7. The summed E-state index contributed by atoms with van der Waals surface area (Å²) in [4.78, 5) is 10.7. The molecule has 0 bridgehead atoms. The quantitative estimate of drug-likeness (QED) is 0.584. The standard InChI is InChI=1S/C8H18N2O4S/c1-10(6-5-9)15(12,13)7-3-4-8(11)14-2/h3-7,9H2,1-2H3. The highest BCUT2D eigenvalue weighted by atomic mass is 32.2. The Balaban J connectivity index is 3.99. The predicted molar refractivity (Wildman–Crippen MR) is 56.7 cm³/mol. The molecule has 0 aromatic heterocycles. The number of hydrogen-bond acceptors (Lipinski definition) is 5. The predicted octanol–water partition coefficient (Wildman–Crippen LogP) is -0.840. The average Bonchev–Trinajstić information content (AvgIpc) is 2.17. The maximum absolute atomic E-state index is 11.5. The highest BCUT2D eigenvalue weighted by molar-refractivity contribution is 7.89. The van der Waals surface area contributed by atoms with E-state index in [1.807, 2.05) is 0 Å². The van der Waals surface area contributed by atoms with Crippen molar-refractivity contribution in [3.05, 3.63) is 0 Å². The van der Waals surface area contributed by atoms with E-state index in [1.54, 1.807) is 0 Å². The minimum Gasteiger partial charge on any atom is -0.469 e. The first-order valence-electron chi connectivity index (χ1n) is 4.65. The van der Waals surface area contributed by atoms with Crippen molar-refractivity contribution in [1.29, 1.82) is 0 Å². The monoisotopic (exact) mass is 238 g/mol. The summed E-state index contributed by atoms with van der Waals surface area (Å²) in [7, 11) is -0.533. The molecule has 15 heavy (non-hydrogen) atoms. The number of nitrogens with two attached hydrogens (primary N) is 1. The van der Waals surface area contributed by atoms with Crippen molar-refractivity contribution in [3.8, 4) is 0 Å². The van der Waals surface area contributed by atoms with Gasteiger partial charge in [-0.15, -0.1) is 0 Å². The number of likely N-dealkylation sites (N-methyl/N-ethyl adjacent to an activating group) is 1. The molecule has 0 rings (SSSR count). The van der Waals surface area contributed by atoms with Crippen molar-refractivity contribution in [2.45, 2.75) is 12.8 Å². The summed E-state index contributed by atoms with van der Waals surface area (Å²) in [5.41, 5.74) is 5.24. The highest BCUT2D eigenvalue weighted by Gasteiger charge is 2.17. The maximum Gasteiger partial charge on any atom is 0.305 e. The molecule has 0 radical (unpaired) electrons. The molecule has 6 nitrogen and oxygen atoms in total. The molecule has 0 heterocycles. The van der Waals surface area contributed by atoms with Crippen LogP contribution in [0.1, 0.15) is 12.8 Å². The summed E-state index contributed by atoms with van der Waals surface area (Å²) >= 11 is 0. The molecule has 7 heteroatoms. The fraction of sp³-hybridized carbons (Fsp3) is 0.875. The highest BCUT2D eigenvalue weighted by Crippen LogP contribution is 2.02. The molecule has 0 aromatic carbocycles. The number of carbonyl (C=O) groups excluding carboxylic acids is 1. The first-order valence-corrected chi connectivity index (χ1v) is 6.26. The summed E-state index contributed by atoms with van der Waals surface area (Å²) in [6.45, 7) is 0.577. The minimum atomic E-state index is -3.28. The zero-order valence-corrected chi connectivity index (χ0v) is 9.92. The van der Waals surface area contributed by atoms with Gasteiger partial charge < -0.3 is 10.5 Å². The van der Waals surface area contributed by atoms with Crippen molar-refractivity contribution in [2.24, 2.45) is 5.73 Å². The van der Waals surface area contributed by atoms with Gasteiger partial charge in [-0.05, 0) is 6.42 Å². The van der Waals surface area contributed by atoms with E-state index in [9.17, 15) is 13.2 Å². The molecule has 0 aliphatic carbocycles. The van der Waals surface area contributed by atoms with Crippen LogP contribution in [-0.4, -0.2) is 51.7 Å². The lowest BCUT2D eigenvalue weighted by Gasteiger charge is -2.15. The molecule has 0 spiro atoms. The topological polar surface area (TPSA) is 89.7 Å². The lowest BCUT2D eigenvalue weighted by Crippen LogP contribution is -2.33. The molecule has 2 N–H and O–H groups in total. The van der Waals surface area contributed by atoms with Gasteiger partial charge in [-0.2, -0.15) is 0 Å². The van der Waals surface area contributed by atoms with Gasteiger partial charge in [-0.25, -0.2) is 12.7 Å². The Morgan fingerprint density at radius 1 is 1.47 bits per heavy atom. The third kappa shape index (κ3) is 5.71. The van der Waals surface area contributed by atoms with Gasteiger partial charge in [0.1, 0.15) is 0 Å². The number of ether oxygens (including phenoxy) is 1. The van der Waals surface area contributed by atoms with Gasteiger partial charge in [-0.3, -0.25) is 4.79 Å². The van der Waals surface area contributed by atoms with Crippen LogP contribution in [0, 0.1) is 0 Å². The summed E-state index contributed by atoms with van der Waals surface area (Å²) in [5, 5.41) is 0. The minimum absolute atomic E-state index is 0.0569. The molecule has 0 saturated carbocycles. The molecule has 0 fully saturated rings. The lowest BCUT2D eigenvalue weighted by molar-refractivity contribution is -0.140. The summed E-state index contributed by atoms with van der Waals surface area (Å²) in [6.07, 6.45) is 0.385. The Bertz CT molecular complexity index is 289. The molecule has 0 aliphatic rings. The Hall–Kier alpha value is -0.660. The summed E-state index contributed by atoms with van der Waals surface area (Å²) < 4.78 is 28.6. The number of sulfonamides is 1. The number of carbonyl (C=O) groups is 1. The van der Waals surface area contributed by atoms with E-state index in [4.69, 9.17) is 5.73 Å². The molecular formula is C8H18N2O4S. The maximum atomic E-state index is 11.5. The SMILES string of the molecule is COC(=O)CCCS(=O)(=O)N(C)CCN. The van der Waals surface area contributed by atoms with Crippen LogP contribution in [0.3, 0.4) is 0 Å². The van der Waals surface area contributed by atoms with Gasteiger partial charge >= 0.3 is 5.97 Å². The molecule has 0 amide bonds. The van der Waals surface area contributed by atoms with Crippen LogP contribution in [0.5, 0.6) is 0 Å². The van der Waals surface area contributed by atoms with E-state index in [1.165, 1.54) is 18.5 Å². The largest absolute Gasteiger partial charge is 0.469 e. The average molecular weight is 238 g/mol. The van der Waals surface area contributed by atoms with E-state index >= 15 is 0 Å². The fourth-order valence-electron chi connectivity index (χ4n) is 0.978. The molecule has 0 atom stereocenters. The van der Waals surface area contributed by atoms with Crippen LogP contribution in [0.15, 0.2) is 0 Å². The van der Waals surface area contributed by atoms with E-state index < -0.39 is 16.0 Å². The Kier molecular flexibility index (Phi) is 6.46. The Morgan fingerprint density at radius 3 is 2.53 bits per heavy atom. The Labute approximate surface area is 90.4 Å². The van der Waals surface area contributed by atoms with E-state index in [-0.39, 0.29) is 25.1 Å². The number of esters is 1. The molecule has 0 aliphatic heterocycles. The van der Waals surface area contributed by atoms with Gasteiger partial charge in [0.2, 0.25) is 10.0 Å². The van der Waals surface area contributed by atoms with E-state index in [0.717, 1.165) is 0 Å². The molecule has 0 aromatic rings. The van der Waals surface area contributed by atoms with Crippen LogP contribution in [-0.2, 0) is 19.6 Å². The van der Waals surface area contributed by atoms with Crippen LogP contribution < -0.4 is 5.73 Å². The zero-order chi connectivity index (χ0) is 11.9. The number of methoxy groups -OCH3 is 1. The third-order valence-electron chi connectivity index (χ3n) is 1.93. The Morgan fingerprint density at radius 2 is 2.07 bits per heavy atom. The summed E-state index contributed by atoms with van der Waals surface area (Å²) in [5.74, 6) is -0.454. The van der Waals surface area contributed by atoms with Crippen molar-refractivity contribution >= 4 is 16.0 Å². The van der Waals surface area contributed by atoms with Gasteiger partial charge in [0, 0.05) is 26.6 Å². The van der Waals surface area contributed by atoms with Gasteiger partial charge in [-0.1, -0.05) is 0 Å². The van der Waals surface area contributed by atoms with Gasteiger partial charge in [0.15, 0.2) is 0 Å². The second-order valence-electron chi connectivity index (χ2n) is 3.11. The fourth-order valence-corrected chi connectivity index (χ4v) is 2.18. The smallest absolute Gasteiger partial charge is 0.305 e. The van der Waals surface area contributed by atoms with Crippen LogP contribution >= 0.6 is 0 Å². The number of nitrogens with zero attached hydrogens (tertiary/aromatic N) is 1. The van der Waals surface area contributed by atoms with Crippen LogP contribution in [0.4, 0.5) is 0 Å². The summed E-state index contributed by atoms with van der Waals surface area (Å²) in [6, 6.07) is 0. The molecule has 0 unspecified atom stereocenters. The van der Waals surface area contributed by atoms with Gasteiger partial charge in [0.25, 0.3) is 0 Å². The van der Waals surface area contributed by atoms with Gasteiger partial charge in [0.05, 0.1) is 12.9 Å².